The van der Waals surface area contributed by atoms with E-state index in [1.165, 1.54) is 16.7 Å². The van der Waals surface area contributed by atoms with E-state index in [2.05, 4.69) is 5.32 Å². The molecule has 2 aromatic carbocycles. The van der Waals surface area contributed by atoms with Gasteiger partial charge in [-0.3, -0.25) is 14.4 Å². The molecule has 2 aromatic rings. The molecule has 1 atom stereocenters. The van der Waals surface area contributed by atoms with Gasteiger partial charge >= 0.3 is 0 Å². The molecule has 1 saturated heterocycles. The van der Waals surface area contributed by atoms with Gasteiger partial charge in [-0.05, 0) is 49.2 Å². The number of nitrogens with zero attached hydrogens (tertiary/aromatic N) is 2. The van der Waals surface area contributed by atoms with E-state index < -0.39 is 5.25 Å². The number of likely N-dealkylation sites (tertiary alicyclic amines) is 1. The summed E-state index contributed by atoms with van der Waals surface area (Å²) in [5.41, 5.74) is 1.25. The summed E-state index contributed by atoms with van der Waals surface area (Å²) in [7, 11) is 0. The minimum absolute atomic E-state index is 0.158. The van der Waals surface area contributed by atoms with Crippen LogP contribution in [-0.4, -0.2) is 47.5 Å². The fourth-order valence-electron chi connectivity index (χ4n) is 3.87. The van der Waals surface area contributed by atoms with Crippen LogP contribution in [0.15, 0.2) is 53.4 Å². The Morgan fingerprint density at radius 3 is 2.39 bits per heavy atom. The number of carbonyl (C=O) groups is 3. The molecule has 0 aromatic heterocycles. The predicted octanol–water partition coefficient (Wildman–Crippen LogP) is 4.19. The van der Waals surface area contributed by atoms with Gasteiger partial charge in [0.1, 0.15) is 6.54 Å². The molecule has 8 heteroatoms. The van der Waals surface area contributed by atoms with Gasteiger partial charge in [0.2, 0.25) is 11.8 Å². The summed E-state index contributed by atoms with van der Waals surface area (Å²) in [6, 6.07) is 14.2. The molecular formula is C23H24ClN3O3S. The van der Waals surface area contributed by atoms with Crippen molar-refractivity contribution >= 4 is 52.5 Å². The Kier molecular flexibility index (Phi) is 6.83. The zero-order valence-electron chi connectivity index (χ0n) is 17.1. The average molecular weight is 458 g/mol. The second-order valence-electron chi connectivity index (χ2n) is 7.68. The molecule has 4 rings (SSSR count). The van der Waals surface area contributed by atoms with E-state index in [-0.39, 0.29) is 24.3 Å². The van der Waals surface area contributed by atoms with Crippen molar-refractivity contribution in [3.05, 3.63) is 53.6 Å². The minimum atomic E-state index is -0.865. The van der Waals surface area contributed by atoms with Crippen molar-refractivity contribution in [2.24, 2.45) is 0 Å². The molecule has 2 heterocycles. The number of hydrogen-bond donors (Lipinski definition) is 1. The maximum atomic E-state index is 13.4. The number of carbonyl (C=O) groups excluding carboxylic acids is 3. The Morgan fingerprint density at radius 2 is 1.68 bits per heavy atom. The molecule has 0 radical (unpaired) electrons. The number of para-hydroxylation sites is 1. The molecule has 31 heavy (non-hydrogen) atoms. The maximum Gasteiger partial charge on any atom is 0.250 e. The Bertz CT molecular complexity index is 974. The predicted molar refractivity (Wildman–Crippen MR) is 124 cm³/mol. The van der Waals surface area contributed by atoms with Crippen LogP contribution in [0.2, 0.25) is 5.02 Å². The van der Waals surface area contributed by atoms with Crippen LogP contribution in [0.25, 0.3) is 0 Å². The first-order valence-electron chi connectivity index (χ1n) is 10.4. The molecule has 162 valence electrons. The molecule has 0 aliphatic carbocycles. The molecule has 0 bridgehead atoms. The third kappa shape index (κ3) is 5.05. The van der Waals surface area contributed by atoms with Gasteiger partial charge in [-0.15, -0.1) is 11.8 Å². The summed E-state index contributed by atoms with van der Waals surface area (Å²) >= 11 is 7.18. The smallest absolute Gasteiger partial charge is 0.250 e. The van der Waals surface area contributed by atoms with E-state index in [4.69, 9.17) is 11.6 Å². The monoisotopic (exact) mass is 457 g/mol. The van der Waals surface area contributed by atoms with Crippen molar-refractivity contribution in [1.82, 2.24) is 4.90 Å². The number of benzene rings is 2. The number of hydrogen-bond acceptors (Lipinski definition) is 4. The van der Waals surface area contributed by atoms with Crippen molar-refractivity contribution in [2.75, 3.05) is 29.9 Å². The Balaban J connectivity index is 1.54. The Labute approximate surface area is 190 Å². The third-order valence-electron chi connectivity index (χ3n) is 5.46. The molecule has 1 unspecified atom stereocenters. The van der Waals surface area contributed by atoms with E-state index in [9.17, 15) is 14.4 Å². The van der Waals surface area contributed by atoms with E-state index >= 15 is 0 Å². The van der Waals surface area contributed by atoms with E-state index in [1.54, 1.807) is 24.3 Å². The highest BCUT2D eigenvalue weighted by Gasteiger charge is 2.40. The van der Waals surface area contributed by atoms with Crippen LogP contribution in [0.5, 0.6) is 0 Å². The van der Waals surface area contributed by atoms with Crippen molar-refractivity contribution < 1.29 is 14.4 Å². The fourth-order valence-corrected chi connectivity index (χ4v) is 5.18. The molecule has 3 amide bonds. The Hall–Kier alpha value is -2.51. The van der Waals surface area contributed by atoms with E-state index in [0.29, 0.717) is 29.5 Å². The highest BCUT2D eigenvalue weighted by atomic mass is 35.5. The summed E-state index contributed by atoms with van der Waals surface area (Å²) in [5.74, 6) is -0.836. The van der Waals surface area contributed by atoms with Gasteiger partial charge in [-0.25, -0.2) is 0 Å². The number of amides is 3. The van der Waals surface area contributed by atoms with Crippen LogP contribution in [0.3, 0.4) is 0 Å². The first-order valence-corrected chi connectivity index (χ1v) is 11.7. The van der Waals surface area contributed by atoms with Crippen molar-refractivity contribution in [1.29, 1.82) is 0 Å². The van der Waals surface area contributed by atoms with Crippen LogP contribution < -0.4 is 10.2 Å². The van der Waals surface area contributed by atoms with Gasteiger partial charge in [0.15, 0.2) is 5.25 Å². The molecule has 1 fully saturated rings. The standard InChI is InChI=1S/C23H24ClN3O3S/c24-16-9-11-17(12-10-16)25-20(28)15-27-18-7-3-4-8-19(18)31-21(23(27)30)22(29)26-13-5-1-2-6-14-26/h3-4,7-12,21H,1-2,5-6,13-15H2,(H,25,28). The SMILES string of the molecule is O=C(CN1C(=O)C(C(=O)N2CCCCCC2)Sc2ccccc21)Nc1ccc(Cl)cc1. The van der Waals surface area contributed by atoms with Gasteiger partial charge in [-0.2, -0.15) is 0 Å². The Morgan fingerprint density at radius 1 is 1.00 bits per heavy atom. The number of rotatable bonds is 4. The van der Waals surface area contributed by atoms with E-state index in [0.717, 1.165) is 30.6 Å². The first-order chi connectivity index (χ1) is 15.0. The summed E-state index contributed by atoms with van der Waals surface area (Å²) in [4.78, 5) is 43.3. The second kappa shape index (κ2) is 9.75. The highest BCUT2D eigenvalue weighted by Crippen LogP contribution is 2.39. The zero-order chi connectivity index (χ0) is 21.8. The quantitative estimate of drug-likeness (QED) is 0.699. The van der Waals surface area contributed by atoms with Gasteiger partial charge in [0.25, 0.3) is 5.91 Å². The lowest BCUT2D eigenvalue weighted by Gasteiger charge is -2.34. The topological polar surface area (TPSA) is 69.7 Å². The summed E-state index contributed by atoms with van der Waals surface area (Å²) < 4.78 is 0. The zero-order valence-corrected chi connectivity index (χ0v) is 18.6. The molecule has 2 aliphatic heterocycles. The molecular weight excluding hydrogens is 434 g/mol. The lowest BCUT2D eigenvalue weighted by molar-refractivity contribution is -0.135. The average Bonchev–Trinajstić information content (AvgIpc) is 3.06. The van der Waals surface area contributed by atoms with E-state index in [1.807, 2.05) is 29.2 Å². The third-order valence-corrected chi connectivity index (χ3v) is 6.95. The minimum Gasteiger partial charge on any atom is -0.341 e. The van der Waals surface area contributed by atoms with Crippen LogP contribution in [0.1, 0.15) is 25.7 Å². The number of fused-ring (bicyclic) bond motifs is 1. The molecule has 0 saturated carbocycles. The fraction of sp³-hybridized carbons (Fsp3) is 0.348. The maximum absolute atomic E-state index is 13.4. The summed E-state index contributed by atoms with van der Waals surface area (Å²) in [6.45, 7) is 1.20. The number of thioether (sulfide) groups is 1. The van der Waals surface area contributed by atoms with Gasteiger partial charge in [-0.1, -0.05) is 36.6 Å². The van der Waals surface area contributed by atoms with Crippen molar-refractivity contribution in [2.45, 2.75) is 35.8 Å². The lowest BCUT2D eigenvalue weighted by Crippen LogP contribution is -2.51. The lowest BCUT2D eigenvalue weighted by atomic mass is 10.2. The second-order valence-corrected chi connectivity index (χ2v) is 9.27. The largest absolute Gasteiger partial charge is 0.341 e. The van der Waals surface area contributed by atoms with Crippen molar-refractivity contribution in [3.8, 4) is 0 Å². The van der Waals surface area contributed by atoms with Crippen LogP contribution in [-0.2, 0) is 14.4 Å². The molecule has 2 aliphatic rings. The molecule has 6 nitrogen and oxygen atoms in total. The van der Waals surface area contributed by atoms with Crippen molar-refractivity contribution in [3.63, 3.8) is 0 Å². The van der Waals surface area contributed by atoms with Crippen LogP contribution in [0.4, 0.5) is 11.4 Å². The molecule has 1 N–H and O–H groups in total. The number of anilines is 2. The normalized spacial score (nSPS) is 18.9. The van der Waals surface area contributed by atoms with Gasteiger partial charge in [0, 0.05) is 28.7 Å². The van der Waals surface area contributed by atoms with Gasteiger partial charge < -0.3 is 15.1 Å². The number of nitrogens with one attached hydrogen (secondary N) is 1. The van der Waals surface area contributed by atoms with Gasteiger partial charge in [0.05, 0.1) is 5.69 Å². The van der Waals surface area contributed by atoms with Crippen LogP contribution >= 0.6 is 23.4 Å². The number of halogens is 1. The summed E-state index contributed by atoms with van der Waals surface area (Å²) in [6.07, 6.45) is 4.13. The summed E-state index contributed by atoms with van der Waals surface area (Å²) in [5, 5.41) is 2.50. The highest BCUT2D eigenvalue weighted by molar-refractivity contribution is 8.01. The molecule has 0 spiro atoms. The first kappa shape index (κ1) is 21.7. The van der Waals surface area contributed by atoms with Crippen LogP contribution in [0, 0.1) is 0 Å².